The second-order valence-corrected chi connectivity index (χ2v) is 5.57. The normalized spacial score (nSPS) is 10.8. The fourth-order valence-electron chi connectivity index (χ4n) is 2.14. The van der Waals surface area contributed by atoms with Gasteiger partial charge in [0.2, 0.25) is 0 Å². The zero-order valence-electron chi connectivity index (χ0n) is 14.7. The van der Waals surface area contributed by atoms with Gasteiger partial charge in [0.05, 0.1) is 12.8 Å². The Balaban J connectivity index is 1.87. The van der Waals surface area contributed by atoms with Crippen LogP contribution < -0.4 is 10.2 Å². The lowest BCUT2D eigenvalue weighted by atomic mass is 10.2. The van der Waals surface area contributed by atoms with E-state index < -0.39 is 10.8 Å². The number of nitrogens with one attached hydrogen (secondary N) is 1. The van der Waals surface area contributed by atoms with Gasteiger partial charge in [-0.2, -0.15) is 5.10 Å². The number of carbonyl (C=O) groups excluding carboxylic acids is 1. The molecular weight excluding hydrogens is 338 g/mol. The molecule has 1 aromatic heterocycles. The van der Waals surface area contributed by atoms with Crippen molar-refractivity contribution in [2.24, 2.45) is 5.10 Å². The van der Waals surface area contributed by atoms with Crippen LogP contribution in [0.4, 0.5) is 5.82 Å². The Labute approximate surface area is 150 Å². The van der Waals surface area contributed by atoms with Crippen LogP contribution in [-0.4, -0.2) is 33.2 Å². The number of ether oxygens (including phenoxy) is 1. The summed E-state index contributed by atoms with van der Waals surface area (Å²) >= 11 is 0. The van der Waals surface area contributed by atoms with E-state index in [1.54, 1.807) is 6.92 Å². The van der Waals surface area contributed by atoms with E-state index in [1.807, 2.05) is 24.3 Å². The number of imidazole rings is 1. The molecule has 0 fully saturated rings. The van der Waals surface area contributed by atoms with Crippen LogP contribution in [0.25, 0.3) is 0 Å². The highest BCUT2D eigenvalue weighted by molar-refractivity contribution is 5.82. The number of nitro groups is 1. The van der Waals surface area contributed by atoms with Crippen molar-refractivity contribution in [1.29, 1.82) is 0 Å². The standard InChI is InChI=1S/C17H21N5O4/c1-3-4-9-26-15-7-5-14(6-8-15)10-19-20-16(23)12-21-13(2)18-11-17(21)22(24)25/h5-8,10-11H,3-4,9,12H2,1-2H3,(H,20,23)/b19-10+. The van der Waals surface area contributed by atoms with Gasteiger partial charge >= 0.3 is 5.82 Å². The van der Waals surface area contributed by atoms with Crippen LogP contribution in [0.15, 0.2) is 35.6 Å². The number of carbonyl (C=O) groups is 1. The van der Waals surface area contributed by atoms with E-state index in [0.29, 0.717) is 12.4 Å². The number of rotatable bonds is 9. The number of hydrazone groups is 1. The topological polar surface area (TPSA) is 112 Å². The van der Waals surface area contributed by atoms with Crippen LogP contribution in [-0.2, 0) is 11.3 Å². The molecule has 1 aromatic carbocycles. The largest absolute Gasteiger partial charge is 0.494 e. The average Bonchev–Trinajstić information content (AvgIpc) is 2.97. The van der Waals surface area contributed by atoms with Gasteiger partial charge in [0.1, 0.15) is 11.9 Å². The summed E-state index contributed by atoms with van der Waals surface area (Å²) in [5, 5.41) is 14.8. The van der Waals surface area contributed by atoms with Crippen LogP contribution in [0.1, 0.15) is 31.2 Å². The summed E-state index contributed by atoms with van der Waals surface area (Å²) in [4.78, 5) is 26.1. The molecule has 26 heavy (non-hydrogen) atoms. The third-order valence-corrected chi connectivity index (χ3v) is 3.57. The monoisotopic (exact) mass is 359 g/mol. The summed E-state index contributed by atoms with van der Waals surface area (Å²) in [6, 6.07) is 7.30. The molecule has 0 spiro atoms. The number of unbranched alkanes of at least 4 members (excludes halogenated alkanes) is 1. The molecule has 0 aliphatic heterocycles. The molecule has 2 rings (SSSR count). The van der Waals surface area contributed by atoms with E-state index in [1.165, 1.54) is 10.8 Å². The third-order valence-electron chi connectivity index (χ3n) is 3.57. The molecule has 0 bridgehead atoms. The van der Waals surface area contributed by atoms with Crippen molar-refractivity contribution in [1.82, 2.24) is 15.0 Å². The van der Waals surface area contributed by atoms with Crippen molar-refractivity contribution in [3.05, 3.63) is 52.0 Å². The average molecular weight is 359 g/mol. The van der Waals surface area contributed by atoms with E-state index in [0.717, 1.165) is 30.4 Å². The number of nitrogens with zero attached hydrogens (tertiary/aromatic N) is 4. The van der Waals surface area contributed by atoms with E-state index >= 15 is 0 Å². The summed E-state index contributed by atoms with van der Waals surface area (Å²) in [6.07, 6.45) is 4.69. The van der Waals surface area contributed by atoms with Gasteiger partial charge in [-0.15, -0.1) is 0 Å². The molecule has 0 saturated heterocycles. The number of benzene rings is 1. The predicted molar refractivity (Wildman–Crippen MR) is 96.2 cm³/mol. The zero-order valence-corrected chi connectivity index (χ0v) is 14.7. The highest BCUT2D eigenvalue weighted by Gasteiger charge is 2.19. The second-order valence-electron chi connectivity index (χ2n) is 5.57. The van der Waals surface area contributed by atoms with Crippen molar-refractivity contribution < 1.29 is 14.5 Å². The van der Waals surface area contributed by atoms with Crippen molar-refractivity contribution in [2.75, 3.05) is 6.61 Å². The smallest absolute Gasteiger partial charge is 0.343 e. The van der Waals surface area contributed by atoms with Crippen LogP contribution in [0.5, 0.6) is 5.75 Å². The Morgan fingerprint density at radius 1 is 1.42 bits per heavy atom. The summed E-state index contributed by atoms with van der Waals surface area (Å²) in [7, 11) is 0. The lowest BCUT2D eigenvalue weighted by molar-refractivity contribution is -0.392. The summed E-state index contributed by atoms with van der Waals surface area (Å²) < 4.78 is 6.78. The van der Waals surface area contributed by atoms with Crippen LogP contribution in [0, 0.1) is 17.0 Å². The van der Waals surface area contributed by atoms with Crippen LogP contribution in [0.3, 0.4) is 0 Å². The second kappa shape index (κ2) is 9.30. The molecule has 9 nitrogen and oxygen atoms in total. The summed E-state index contributed by atoms with van der Waals surface area (Å²) in [5.41, 5.74) is 3.14. The van der Waals surface area contributed by atoms with Gasteiger partial charge in [-0.1, -0.05) is 13.3 Å². The van der Waals surface area contributed by atoms with Crippen LogP contribution >= 0.6 is 0 Å². The lowest BCUT2D eigenvalue weighted by Crippen LogP contribution is -2.24. The first kappa shape index (κ1) is 19.1. The van der Waals surface area contributed by atoms with E-state index in [-0.39, 0.29) is 12.4 Å². The summed E-state index contributed by atoms with van der Waals surface area (Å²) in [6.45, 7) is 4.14. The molecule has 0 atom stereocenters. The molecule has 2 aromatic rings. The molecule has 9 heteroatoms. The minimum Gasteiger partial charge on any atom is -0.494 e. The number of aromatic nitrogens is 2. The molecule has 1 amide bonds. The van der Waals surface area contributed by atoms with E-state index in [2.05, 4.69) is 22.4 Å². The van der Waals surface area contributed by atoms with Crippen molar-refractivity contribution in [3.8, 4) is 5.75 Å². The summed E-state index contributed by atoms with van der Waals surface area (Å²) in [5.74, 6) is 0.447. The maximum absolute atomic E-state index is 11.9. The third kappa shape index (κ3) is 5.40. The first-order valence-corrected chi connectivity index (χ1v) is 8.22. The maximum atomic E-state index is 11.9. The molecular formula is C17H21N5O4. The number of aryl methyl sites for hydroxylation is 1. The van der Waals surface area contributed by atoms with Crippen molar-refractivity contribution >= 4 is 17.9 Å². The lowest BCUT2D eigenvalue weighted by Gasteiger charge is -2.05. The van der Waals surface area contributed by atoms with Crippen molar-refractivity contribution in [2.45, 2.75) is 33.2 Å². The Bertz CT molecular complexity index is 783. The molecule has 138 valence electrons. The predicted octanol–water partition coefficient (Wildman–Crippen LogP) is 2.43. The van der Waals surface area contributed by atoms with E-state index in [4.69, 9.17) is 4.74 Å². The number of hydrogen-bond acceptors (Lipinski definition) is 6. The highest BCUT2D eigenvalue weighted by Crippen LogP contribution is 2.13. The van der Waals surface area contributed by atoms with Gasteiger partial charge in [0.25, 0.3) is 5.91 Å². The zero-order chi connectivity index (χ0) is 18.9. The molecule has 0 aliphatic rings. The molecule has 0 aliphatic carbocycles. The van der Waals surface area contributed by atoms with Crippen LogP contribution in [0.2, 0.25) is 0 Å². The number of amides is 1. The maximum Gasteiger partial charge on any atom is 0.343 e. The highest BCUT2D eigenvalue weighted by atomic mass is 16.6. The SMILES string of the molecule is CCCCOc1ccc(/C=N/NC(=O)Cn2c([N+](=O)[O-])cnc2C)cc1. The van der Waals surface area contributed by atoms with Gasteiger partial charge in [-0.05, 0) is 41.2 Å². The first-order chi connectivity index (χ1) is 12.5. The Morgan fingerprint density at radius 3 is 2.81 bits per heavy atom. The first-order valence-electron chi connectivity index (χ1n) is 8.22. The van der Waals surface area contributed by atoms with Gasteiger partial charge < -0.3 is 14.9 Å². The number of hydrogen-bond donors (Lipinski definition) is 1. The minimum absolute atomic E-state index is 0.232. The van der Waals surface area contributed by atoms with Gasteiger partial charge in [0.15, 0.2) is 12.4 Å². The minimum atomic E-state index is -0.583. The fourth-order valence-corrected chi connectivity index (χ4v) is 2.14. The van der Waals surface area contributed by atoms with E-state index in [9.17, 15) is 14.9 Å². The Morgan fingerprint density at radius 2 is 2.15 bits per heavy atom. The molecule has 1 heterocycles. The molecule has 0 saturated carbocycles. The molecule has 0 radical (unpaired) electrons. The van der Waals surface area contributed by atoms with Gasteiger partial charge in [0, 0.05) is 6.92 Å². The molecule has 1 N–H and O–H groups in total. The molecule has 0 unspecified atom stereocenters. The van der Waals surface area contributed by atoms with Crippen molar-refractivity contribution in [3.63, 3.8) is 0 Å². The Hall–Kier alpha value is -3.23. The van der Waals surface area contributed by atoms with Gasteiger partial charge in [-0.25, -0.2) is 15.0 Å². The van der Waals surface area contributed by atoms with Gasteiger partial charge in [-0.3, -0.25) is 4.79 Å². The quantitative estimate of drug-likeness (QED) is 0.320. The Kier molecular flexibility index (Phi) is 6.84. The fraction of sp³-hybridized carbons (Fsp3) is 0.353.